The molecule has 18 heavy (non-hydrogen) atoms. The SMILES string of the molecule is CNC1c2c(cc(OC)c(OC)c2OC)CC1C. The van der Waals surface area contributed by atoms with Crippen molar-refractivity contribution < 1.29 is 14.2 Å². The third kappa shape index (κ3) is 1.81. The van der Waals surface area contributed by atoms with E-state index in [1.807, 2.05) is 7.05 Å². The Bertz CT molecular complexity index is 445. The highest BCUT2D eigenvalue weighted by atomic mass is 16.5. The van der Waals surface area contributed by atoms with E-state index in [1.165, 1.54) is 11.1 Å². The molecule has 0 spiro atoms. The molecule has 0 aromatic heterocycles. The second kappa shape index (κ2) is 5.06. The summed E-state index contributed by atoms with van der Waals surface area (Å²) in [5.41, 5.74) is 2.47. The Labute approximate surface area is 108 Å². The molecule has 0 radical (unpaired) electrons. The zero-order chi connectivity index (χ0) is 13.3. The Morgan fingerprint density at radius 1 is 1.11 bits per heavy atom. The molecule has 1 aliphatic carbocycles. The molecule has 1 aromatic carbocycles. The molecule has 0 aliphatic heterocycles. The number of ether oxygens (including phenoxy) is 3. The first kappa shape index (κ1) is 13.0. The van der Waals surface area contributed by atoms with Crippen molar-refractivity contribution in [2.24, 2.45) is 5.92 Å². The highest BCUT2D eigenvalue weighted by Crippen LogP contribution is 2.49. The number of fused-ring (bicyclic) bond motifs is 1. The van der Waals surface area contributed by atoms with Crippen LogP contribution >= 0.6 is 0 Å². The zero-order valence-corrected chi connectivity index (χ0v) is 11.7. The first-order chi connectivity index (χ1) is 8.67. The highest BCUT2D eigenvalue weighted by molar-refractivity contribution is 5.61. The van der Waals surface area contributed by atoms with Gasteiger partial charge >= 0.3 is 0 Å². The molecule has 1 aliphatic rings. The second-order valence-electron chi connectivity index (χ2n) is 4.67. The van der Waals surface area contributed by atoms with Crippen LogP contribution in [0.1, 0.15) is 24.1 Å². The maximum Gasteiger partial charge on any atom is 0.203 e. The van der Waals surface area contributed by atoms with E-state index in [9.17, 15) is 0 Å². The standard InChI is InChI=1S/C14H21NO3/c1-8-6-9-7-10(16-3)13(17-4)14(18-5)11(9)12(8)15-2/h7-8,12,15H,6H2,1-5H3. The van der Waals surface area contributed by atoms with Crippen LogP contribution in [0.4, 0.5) is 0 Å². The van der Waals surface area contributed by atoms with Gasteiger partial charge in [-0.3, -0.25) is 0 Å². The van der Waals surface area contributed by atoms with Crippen LogP contribution < -0.4 is 19.5 Å². The van der Waals surface area contributed by atoms with Crippen LogP contribution in [0, 0.1) is 5.92 Å². The van der Waals surface area contributed by atoms with Crippen molar-refractivity contribution in [2.75, 3.05) is 28.4 Å². The molecule has 0 saturated heterocycles. The van der Waals surface area contributed by atoms with Crippen LogP contribution in [0.5, 0.6) is 17.2 Å². The van der Waals surface area contributed by atoms with Crippen LogP contribution in [0.3, 0.4) is 0 Å². The predicted octanol–water partition coefficient (Wildman–Crippen LogP) is 2.17. The third-order valence-electron chi connectivity index (χ3n) is 3.69. The maximum absolute atomic E-state index is 5.56. The molecule has 0 fully saturated rings. The lowest BCUT2D eigenvalue weighted by molar-refractivity contribution is 0.319. The predicted molar refractivity (Wildman–Crippen MR) is 70.8 cm³/mol. The molecule has 0 saturated carbocycles. The Kier molecular flexibility index (Phi) is 3.66. The quantitative estimate of drug-likeness (QED) is 0.890. The number of rotatable bonds is 4. The molecule has 2 unspecified atom stereocenters. The summed E-state index contributed by atoms with van der Waals surface area (Å²) >= 11 is 0. The van der Waals surface area contributed by atoms with Crippen molar-refractivity contribution in [3.8, 4) is 17.2 Å². The fraction of sp³-hybridized carbons (Fsp3) is 0.571. The Morgan fingerprint density at radius 3 is 2.28 bits per heavy atom. The van der Waals surface area contributed by atoms with Gasteiger partial charge < -0.3 is 19.5 Å². The summed E-state index contributed by atoms with van der Waals surface area (Å²) in [7, 11) is 6.94. The molecule has 2 atom stereocenters. The highest BCUT2D eigenvalue weighted by Gasteiger charge is 2.34. The van der Waals surface area contributed by atoms with E-state index in [-0.39, 0.29) is 0 Å². The molecule has 4 nitrogen and oxygen atoms in total. The number of hydrogen-bond donors (Lipinski definition) is 1. The fourth-order valence-electron chi connectivity index (χ4n) is 2.92. The topological polar surface area (TPSA) is 39.7 Å². The first-order valence-corrected chi connectivity index (χ1v) is 6.16. The number of nitrogens with one attached hydrogen (secondary N) is 1. The number of methoxy groups -OCH3 is 3. The maximum atomic E-state index is 5.56. The monoisotopic (exact) mass is 251 g/mol. The molecule has 1 aromatic rings. The fourth-order valence-corrected chi connectivity index (χ4v) is 2.92. The summed E-state index contributed by atoms with van der Waals surface area (Å²) in [6.07, 6.45) is 1.03. The number of hydrogen-bond acceptors (Lipinski definition) is 4. The van der Waals surface area contributed by atoms with Gasteiger partial charge in [0, 0.05) is 11.6 Å². The smallest absolute Gasteiger partial charge is 0.203 e. The molecule has 0 amide bonds. The normalized spacial score (nSPS) is 21.6. The van der Waals surface area contributed by atoms with Crippen LogP contribution in [-0.4, -0.2) is 28.4 Å². The molecular weight excluding hydrogens is 230 g/mol. The van der Waals surface area contributed by atoms with Crippen molar-refractivity contribution in [1.29, 1.82) is 0 Å². The van der Waals surface area contributed by atoms with Crippen molar-refractivity contribution >= 4 is 0 Å². The van der Waals surface area contributed by atoms with E-state index >= 15 is 0 Å². The van der Waals surface area contributed by atoms with E-state index < -0.39 is 0 Å². The molecule has 0 heterocycles. The summed E-state index contributed by atoms with van der Waals surface area (Å²) < 4.78 is 16.4. The lowest BCUT2D eigenvalue weighted by atomic mass is 10.0. The van der Waals surface area contributed by atoms with Crippen LogP contribution in [0.2, 0.25) is 0 Å². The zero-order valence-electron chi connectivity index (χ0n) is 11.7. The van der Waals surface area contributed by atoms with Crippen LogP contribution in [0.15, 0.2) is 6.07 Å². The van der Waals surface area contributed by atoms with E-state index in [1.54, 1.807) is 21.3 Å². The Balaban J connectivity index is 2.64. The van der Waals surface area contributed by atoms with Gasteiger partial charge in [0.15, 0.2) is 11.5 Å². The minimum absolute atomic E-state index is 0.301. The van der Waals surface area contributed by atoms with Crippen molar-refractivity contribution in [1.82, 2.24) is 5.32 Å². The molecule has 0 bridgehead atoms. The minimum Gasteiger partial charge on any atom is -0.493 e. The van der Waals surface area contributed by atoms with Gasteiger partial charge in [0.2, 0.25) is 5.75 Å². The van der Waals surface area contributed by atoms with E-state index in [4.69, 9.17) is 14.2 Å². The lowest BCUT2D eigenvalue weighted by Crippen LogP contribution is -2.20. The first-order valence-electron chi connectivity index (χ1n) is 6.16. The van der Waals surface area contributed by atoms with Gasteiger partial charge in [-0.15, -0.1) is 0 Å². The van der Waals surface area contributed by atoms with Crippen molar-refractivity contribution in [3.63, 3.8) is 0 Å². The molecule has 1 N–H and O–H groups in total. The van der Waals surface area contributed by atoms with Gasteiger partial charge in [-0.1, -0.05) is 6.92 Å². The Morgan fingerprint density at radius 2 is 1.78 bits per heavy atom. The van der Waals surface area contributed by atoms with E-state index in [0.717, 1.165) is 17.9 Å². The molecule has 2 rings (SSSR count). The Hall–Kier alpha value is -1.42. The van der Waals surface area contributed by atoms with Crippen LogP contribution in [-0.2, 0) is 6.42 Å². The average Bonchev–Trinajstić information content (AvgIpc) is 2.71. The van der Waals surface area contributed by atoms with Crippen molar-refractivity contribution in [3.05, 3.63) is 17.2 Å². The van der Waals surface area contributed by atoms with Crippen molar-refractivity contribution in [2.45, 2.75) is 19.4 Å². The van der Waals surface area contributed by atoms with E-state index in [2.05, 4.69) is 18.3 Å². The van der Waals surface area contributed by atoms with Gasteiger partial charge in [-0.05, 0) is 31.0 Å². The van der Waals surface area contributed by atoms with Gasteiger partial charge in [-0.2, -0.15) is 0 Å². The summed E-state index contributed by atoms with van der Waals surface area (Å²) in [4.78, 5) is 0. The van der Waals surface area contributed by atoms with E-state index in [0.29, 0.717) is 17.7 Å². The number of benzene rings is 1. The van der Waals surface area contributed by atoms with Gasteiger partial charge in [0.25, 0.3) is 0 Å². The molecule has 4 heteroatoms. The molecular formula is C14H21NO3. The average molecular weight is 251 g/mol. The minimum atomic E-state index is 0.301. The van der Waals surface area contributed by atoms with Gasteiger partial charge in [-0.25, -0.2) is 0 Å². The summed E-state index contributed by atoms with van der Waals surface area (Å²) in [6.45, 7) is 2.24. The largest absolute Gasteiger partial charge is 0.493 e. The third-order valence-corrected chi connectivity index (χ3v) is 3.69. The molecule has 100 valence electrons. The lowest BCUT2D eigenvalue weighted by Gasteiger charge is -2.20. The second-order valence-corrected chi connectivity index (χ2v) is 4.67. The summed E-state index contributed by atoms with van der Waals surface area (Å²) in [6, 6.07) is 2.36. The van der Waals surface area contributed by atoms with Crippen LogP contribution in [0.25, 0.3) is 0 Å². The summed E-state index contributed by atoms with van der Waals surface area (Å²) in [5, 5.41) is 3.36. The van der Waals surface area contributed by atoms with Gasteiger partial charge in [0.05, 0.1) is 21.3 Å². The summed E-state index contributed by atoms with van der Waals surface area (Å²) in [5.74, 6) is 2.73. The van der Waals surface area contributed by atoms with Gasteiger partial charge in [0.1, 0.15) is 0 Å².